The molecule has 3 heteroatoms. The zero-order valence-electron chi connectivity index (χ0n) is 9.69. The normalized spacial score (nSPS) is 10.2. The predicted molar refractivity (Wildman–Crippen MR) is 70.7 cm³/mol. The maximum absolute atomic E-state index is 4.49. The van der Waals surface area contributed by atoms with E-state index >= 15 is 0 Å². The molecule has 0 aliphatic rings. The maximum Gasteiger partial charge on any atom is 0.163 e. The van der Waals surface area contributed by atoms with Gasteiger partial charge in [-0.05, 0) is 0 Å². The van der Waals surface area contributed by atoms with E-state index in [-0.39, 0.29) is 0 Å². The van der Waals surface area contributed by atoms with E-state index < -0.39 is 0 Å². The molecule has 0 saturated heterocycles. The van der Waals surface area contributed by atoms with E-state index in [0.717, 1.165) is 11.1 Å². The highest BCUT2D eigenvalue weighted by atomic mass is 15.0. The number of hydrogen-bond acceptors (Lipinski definition) is 3. The standard InChI is InChI=1S/C15H11N3/c1-3-7-12(8-4-1)14-16-11-17-15(18-14)13-9-5-2-6-10-13/h1-11H. The quantitative estimate of drug-likeness (QED) is 0.682. The molecule has 0 N–H and O–H groups in total. The summed E-state index contributed by atoms with van der Waals surface area (Å²) in [6.07, 6.45) is 1.55. The third-order valence-corrected chi connectivity index (χ3v) is 2.64. The summed E-state index contributed by atoms with van der Waals surface area (Å²) in [5.41, 5.74) is 1.99. The molecule has 18 heavy (non-hydrogen) atoms. The van der Waals surface area contributed by atoms with Crippen molar-refractivity contribution in [1.82, 2.24) is 15.0 Å². The smallest absolute Gasteiger partial charge is 0.163 e. The highest BCUT2D eigenvalue weighted by Gasteiger charge is 2.04. The molecule has 2 aromatic carbocycles. The highest BCUT2D eigenvalue weighted by Crippen LogP contribution is 2.18. The van der Waals surface area contributed by atoms with Gasteiger partial charge < -0.3 is 0 Å². The number of rotatable bonds is 2. The second-order valence-electron chi connectivity index (χ2n) is 3.86. The van der Waals surface area contributed by atoms with Gasteiger partial charge in [-0.1, -0.05) is 60.7 Å². The largest absolute Gasteiger partial charge is 0.217 e. The van der Waals surface area contributed by atoms with Crippen LogP contribution in [0.1, 0.15) is 0 Å². The van der Waals surface area contributed by atoms with Crippen molar-refractivity contribution >= 4 is 0 Å². The lowest BCUT2D eigenvalue weighted by Crippen LogP contribution is -1.94. The minimum Gasteiger partial charge on any atom is -0.217 e. The van der Waals surface area contributed by atoms with E-state index in [9.17, 15) is 0 Å². The minimum absolute atomic E-state index is 0.699. The molecule has 0 fully saturated rings. The van der Waals surface area contributed by atoms with E-state index in [1.54, 1.807) is 6.33 Å². The van der Waals surface area contributed by atoms with Crippen molar-refractivity contribution in [3.8, 4) is 22.8 Å². The van der Waals surface area contributed by atoms with Crippen LogP contribution in [0.5, 0.6) is 0 Å². The van der Waals surface area contributed by atoms with Gasteiger partial charge in [-0.3, -0.25) is 0 Å². The second kappa shape index (κ2) is 4.75. The molecule has 1 aromatic heterocycles. The molecular formula is C15H11N3. The first-order valence-electron chi connectivity index (χ1n) is 5.73. The van der Waals surface area contributed by atoms with Crippen LogP contribution < -0.4 is 0 Å². The number of nitrogens with zero attached hydrogens (tertiary/aromatic N) is 3. The van der Waals surface area contributed by atoms with E-state index in [1.807, 2.05) is 60.7 Å². The third kappa shape index (κ3) is 2.11. The first-order valence-corrected chi connectivity index (χ1v) is 5.73. The van der Waals surface area contributed by atoms with Gasteiger partial charge in [0.15, 0.2) is 11.6 Å². The Morgan fingerprint density at radius 1 is 0.556 bits per heavy atom. The van der Waals surface area contributed by atoms with Gasteiger partial charge in [0.05, 0.1) is 0 Å². The fourth-order valence-electron chi connectivity index (χ4n) is 1.75. The summed E-state index contributed by atoms with van der Waals surface area (Å²) < 4.78 is 0. The van der Waals surface area contributed by atoms with E-state index in [0.29, 0.717) is 11.6 Å². The monoisotopic (exact) mass is 233 g/mol. The van der Waals surface area contributed by atoms with Crippen LogP contribution in [-0.4, -0.2) is 15.0 Å². The first-order chi connectivity index (χ1) is 8.93. The molecule has 0 spiro atoms. The van der Waals surface area contributed by atoms with Crippen LogP contribution in [0.15, 0.2) is 67.0 Å². The SMILES string of the molecule is c1ccc(-c2ncnc(-c3ccccc3)n2)cc1. The van der Waals surface area contributed by atoms with Crippen molar-refractivity contribution < 1.29 is 0 Å². The topological polar surface area (TPSA) is 38.7 Å². The third-order valence-electron chi connectivity index (χ3n) is 2.64. The lowest BCUT2D eigenvalue weighted by Gasteiger charge is -2.02. The fourth-order valence-corrected chi connectivity index (χ4v) is 1.75. The summed E-state index contributed by atoms with van der Waals surface area (Å²) >= 11 is 0. The molecular weight excluding hydrogens is 222 g/mol. The lowest BCUT2D eigenvalue weighted by molar-refractivity contribution is 1.07. The fraction of sp³-hybridized carbons (Fsp3) is 0. The highest BCUT2D eigenvalue weighted by molar-refractivity contribution is 5.60. The predicted octanol–water partition coefficient (Wildman–Crippen LogP) is 3.21. The van der Waals surface area contributed by atoms with Crippen LogP contribution in [0, 0.1) is 0 Å². The van der Waals surface area contributed by atoms with Crippen molar-refractivity contribution in [3.05, 3.63) is 67.0 Å². The average molecular weight is 233 g/mol. The molecule has 0 amide bonds. The van der Waals surface area contributed by atoms with E-state index in [2.05, 4.69) is 15.0 Å². The Balaban J connectivity index is 2.05. The minimum atomic E-state index is 0.699. The zero-order chi connectivity index (χ0) is 12.2. The average Bonchev–Trinajstić information content (AvgIpc) is 2.49. The number of benzene rings is 2. The Bertz CT molecular complexity index is 581. The van der Waals surface area contributed by atoms with Crippen molar-refractivity contribution in [2.45, 2.75) is 0 Å². The zero-order valence-corrected chi connectivity index (χ0v) is 9.69. The Hall–Kier alpha value is -2.55. The van der Waals surface area contributed by atoms with Crippen LogP contribution in [0.3, 0.4) is 0 Å². The Morgan fingerprint density at radius 2 is 1.00 bits per heavy atom. The van der Waals surface area contributed by atoms with Gasteiger partial charge in [-0.2, -0.15) is 0 Å². The van der Waals surface area contributed by atoms with Crippen LogP contribution >= 0.6 is 0 Å². The lowest BCUT2D eigenvalue weighted by atomic mass is 10.2. The first kappa shape index (κ1) is 10.6. The van der Waals surface area contributed by atoms with Gasteiger partial charge in [0.1, 0.15) is 6.33 Å². The summed E-state index contributed by atoms with van der Waals surface area (Å²) in [6.45, 7) is 0. The Kier molecular flexibility index (Phi) is 2.80. The summed E-state index contributed by atoms with van der Waals surface area (Å²) in [4.78, 5) is 12.9. The summed E-state index contributed by atoms with van der Waals surface area (Å²) in [5.74, 6) is 1.40. The summed E-state index contributed by atoms with van der Waals surface area (Å²) in [7, 11) is 0. The molecule has 3 nitrogen and oxygen atoms in total. The number of aromatic nitrogens is 3. The van der Waals surface area contributed by atoms with E-state index in [1.165, 1.54) is 0 Å². The summed E-state index contributed by atoms with van der Waals surface area (Å²) in [6, 6.07) is 19.8. The summed E-state index contributed by atoms with van der Waals surface area (Å²) in [5, 5.41) is 0. The van der Waals surface area contributed by atoms with Crippen molar-refractivity contribution in [2.75, 3.05) is 0 Å². The van der Waals surface area contributed by atoms with Crippen LogP contribution in [0.4, 0.5) is 0 Å². The van der Waals surface area contributed by atoms with Crippen molar-refractivity contribution in [3.63, 3.8) is 0 Å². The molecule has 0 bridgehead atoms. The molecule has 1 heterocycles. The molecule has 0 aliphatic heterocycles. The van der Waals surface area contributed by atoms with Crippen molar-refractivity contribution in [2.24, 2.45) is 0 Å². The van der Waals surface area contributed by atoms with Gasteiger partial charge in [0.25, 0.3) is 0 Å². The molecule has 0 atom stereocenters. The van der Waals surface area contributed by atoms with Crippen LogP contribution in [-0.2, 0) is 0 Å². The molecule has 86 valence electrons. The molecule has 3 rings (SSSR count). The Labute approximate surface area is 105 Å². The molecule has 0 saturated carbocycles. The second-order valence-corrected chi connectivity index (χ2v) is 3.86. The molecule has 0 aliphatic carbocycles. The van der Waals surface area contributed by atoms with Gasteiger partial charge in [0, 0.05) is 11.1 Å². The Morgan fingerprint density at radius 3 is 1.44 bits per heavy atom. The van der Waals surface area contributed by atoms with Gasteiger partial charge in [-0.15, -0.1) is 0 Å². The number of hydrogen-bond donors (Lipinski definition) is 0. The van der Waals surface area contributed by atoms with E-state index in [4.69, 9.17) is 0 Å². The van der Waals surface area contributed by atoms with Gasteiger partial charge in [-0.25, -0.2) is 15.0 Å². The van der Waals surface area contributed by atoms with Crippen LogP contribution in [0.2, 0.25) is 0 Å². The molecule has 0 unspecified atom stereocenters. The maximum atomic E-state index is 4.49. The van der Waals surface area contributed by atoms with Crippen molar-refractivity contribution in [1.29, 1.82) is 0 Å². The van der Waals surface area contributed by atoms with Crippen LogP contribution in [0.25, 0.3) is 22.8 Å². The van der Waals surface area contributed by atoms with Gasteiger partial charge in [0.2, 0.25) is 0 Å². The molecule has 0 radical (unpaired) electrons. The molecule has 3 aromatic rings. The van der Waals surface area contributed by atoms with Gasteiger partial charge >= 0.3 is 0 Å².